The minimum atomic E-state index is -0.150. The second kappa shape index (κ2) is 5.58. The van der Waals surface area contributed by atoms with Crippen molar-refractivity contribution in [2.75, 3.05) is 12.3 Å². The maximum absolute atomic E-state index is 12.1. The maximum Gasteiger partial charge on any atom is 0.251 e. The van der Waals surface area contributed by atoms with E-state index >= 15 is 0 Å². The van der Waals surface area contributed by atoms with Gasteiger partial charge in [-0.2, -0.15) is 5.10 Å². The molecule has 0 atom stereocenters. The van der Waals surface area contributed by atoms with E-state index in [2.05, 4.69) is 20.4 Å². The summed E-state index contributed by atoms with van der Waals surface area (Å²) in [4.78, 5) is 20.4. The second-order valence-electron chi connectivity index (χ2n) is 4.55. The second-order valence-corrected chi connectivity index (χ2v) is 4.55. The molecule has 0 unspecified atom stereocenters. The Kier molecular flexibility index (Phi) is 3.46. The van der Waals surface area contributed by atoms with Crippen LogP contribution < -0.4 is 11.1 Å². The number of aromatic nitrogens is 4. The van der Waals surface area contributed by atoms with Crippen LogP contribution in [-0.4, -0.2) is 32.2 Å². The molecule has 1 aromatic carbocycles. The molecule has 0 aliphatic heterocycles. The SMILES string of the molecule is Nc1cnn(CCNC(=O)c2ccc3nccnc3c2)c1. The van der Waals surface area contributed by atoms with Gasteiger partial charge in [0, 0.05) is 30.7 Å². The summed E-state index contributed by atoms with van der Waals surface area (Å²) in [6, 6.07) is 5.24. The van der Waals surface area contributed by atoms with Crippen molar-refractivity contribution in [2.24, 2.45) is 0 Å². The Labute approximate surface area is 120 Å². The summed E-state index contributed by atoms with van der Waals surface area (Å²) in [7, 11) is 0. The summed E-state index contributed by atoms with van der Waals surface area (Å²) >= 11 is 0. The van der Waals surface area contributed by atoms with E-state index in [9.17, 15) is 4.79 Å². The Morgan fingerprint density at radius 3 is 2.81 bits per heavy atom. The highest BCUT2D eigenvalue weighted by atomic mass is 16.1. The zero-order valence-electron chi connectivity index (χ0n) is 11.2. The van der Waals surface area contributed by atoms with E-state index in [0.717, 1.165) is 5.52 Å². The summed E-state index contributed by atoms with van der Waals surface area (Å²) in [5.41, 5.74) is 8.20. The van der Waals surface area contributed by atoms with E-state index in [1.165, 1.54) is 0 Å². The highest BCUT2D eigenvalue weighted by molar-refractivity contribution is 5.97. The van der Waals surface area contributed by atoms with E-state index in [-0.39, 0.29) is 5.91 Å². The van der Waals surface area contributed by atoms with Crippen molar-refractivity contribution in [1.82, 2.24) is 25.1 Å². The third kappa shape index (κ3) is 2.97. The van der Waals surface area contributed by atoms with Gasteiger partial charge in [-0.3, -0.25) is 19.4 Å². The van der Waals surface area contributed by atoms with Crippen LogP contribution in [0.15, 0.2) is 43.0 Å². The van der Waals surface area contributed by atoms with Crippen molar-refractivity contribution in [2.45, 2.75) is 6.54 Å². The number of rotatable bonds is 4. The van der Waals surface area contributed by atoms with Gasteiger partial charge >= 0.3 is 0 Å². The van der Waals surface area contributed by atoms with E-state index in [1.54, 1.807) is 47.7 Å². The molecule has 0 aliphatic carbocycles. The summed E-state index contributed by atoms with van der Waals surface area (Å²) in [5.74, 6) is -0.150. The van der Waals surface area contributed by atoms with Gasteiger partial charge in [0.2, 0.25) is 0 Å². The van der Waals surface area contributed by atoms with Crippen LogP contribution in [0.1, 0.15) is 10.4 Å². The quantitative estimate of drug-likeness (QED) is 0.738. The maximum atomic E-state index is 12.1. The number of carbonyl (C=O) groups is 1. The average Bonchev–Trinajstić information content (AvgIpc) is 2.92. The molecule has 0 bridgehead atoms. The van der Waals surface area contributed by atoms with Gasteiger partial charge < -0.3 is 11.1 Å². The van der Waals surface area contributed by atoms with Crippen LogP contribution in [-0.2, 0) is 6.54 Å². The minimum absolute atomic E-state index is 0.150. The monoisotopic (exact) mass is 282 g/mol. The summed E-state index contributed by atoms with van der Waals surface area (Å²) in [6.45, 7) is 1.04. The molecule has 0 spiro atoms. The lowest BCUT2D eigenvalue weighted by atomic mass is 10.2. The molecule has 106 valence electrons. The third-order valence-electron chi connectivity index (χ3n) is 3.01. The van der Waals surface area contributed by atoms with E-state index in [4.69, 9.17) is 5.73 Å². The van der Waals surface area contributed by atoms with Gasteiger partial charge in [0.1, 0.15) is 0 Å². The molecule has 7 heteroatoms. The molecule has 3 rings (SSSR count). The molecule has 3 N–H and O–H groups in total. The van der Waals surface area contributed by atoms with Gasteiger partial charge in [-0.25, -0.2) is 0 Å². The molecule has 2 heterocycles. The first-order valence-electron chi connectivity index (χ1n) is 6.49. The van der Waals surface area contributed by atoms with Gasteiger partial charge in [-0.05, 0) is 18.2 Å². The number of nitrogens with zero attached hydrogens (tertiary/aromatic N) is 4. The standard InChI is InChI=1S/C14H14N6O/c15-11-8-19-20(9-11)6-5-18-14(21)10-1-2-12-13(7-10)17-4-3-16-12/h1-4,7-9H,5-6,15H2,(H,18,21). The van der Waals surface area contributed by atoms with Crippen molar-refractivity contribution in [3.63, 3.8) is 0 Å². The number of fused-ring (bicyclic) bond motifs is 1. The van der Waals surface area contributed by atoms with Crippen LogP contribution in [0.25, 0.3) is 11.0 Å². The normalized spacial score (nSPS) is 10.7. The fraction of sp³-hybridized carbons (Fsp3) is 0.143. The predicted molar refractivity (Wildman–Crippen MR) is 78.5 cm³/mol. The third-order valence-corrected chi connectivity index (χ3v) is 3.01. The Morgan fingerprint density at radius 2 is 2.05 bits per heavy atom. The van der Waals surface area contributed by atoms with E-state index in [1.807, 2.05) is 0 Å². The van der Waals surface area contributed by atoms with Crippen molar-refractivity contribution in [3.8, 4) is 0 Å². The Bertz CT molecular complexity index is 782. The number of nitrogens with one attached hydrogen (secondary N) is 1. The number of amides is 1. The topological polar surface area (TPSA) is 98.7 Å². The number of hydrogen-bond donors (Lipinski definition) is 2. The van der Waals surface area contributed by atoms with Crippen LogP contribution in [0.2, 0.25) is 0 Å². The van der Waals surface area contributed by atoms with E-state index < -0.39 is 0 Å². The van der Waals surface area contributed by atoms with Crippen molar-refractivity contribution in [1.29, 1.82) is 0 Å². The van der Waals surface area contributed by atoms with Crippen LogP contribution >= 0.6 is 0 Å². The molecule has 7 nitrogen and oxygen atoms in total. The summed E-state index contributed by atoms with van der Waals surface area (Å²) < 4.78 is 1.68. The van der Waals surface area contributed by atoms with Gasteiger partial charge in [-0.1, -0.05) is 0 Å². The molecule has 2 aromatic heterocycles. The van der Waals surface area contributed by atoms with Gasteiger partial charge in [0.15, 0.2) is 0 Å². The fourth-order valence-electron chi connectivity index (χ4n) is 1.99. The number of hydrogen-bond acceptors (Lipinski definition) is 5. The number of anilines is 1. The highest BCUT2D eigenvalue weighted by Crippen LogP contribution is 2.10. The molecule has 0 fully saturated rings. The molecule has 1 amide bonds. The highest BCUT2D eigenvalue weighted by Gasteiger charge is 2.06. The Balaban J connectivity index is 1.63. The molecular formula is C14H14N6O. The lowest BCUT2D eigenvalue weighted by Gasteiger charge is -2.06. The largest absolute Gasteiger partial charge is 0.396 e. The molecule has 0 radical (unpaired) electrons. The predicted octanol–water partition coefficient (Wildman–Crippen LogP) is 0.838. The Morgan fingerprint density at radius 1 is 1.24 bits per heavy atom. The summed E-state index contributed by atoms with van der Waals surface area (Å²) in [6.07, 6.45) is 6.52. The average molecular weight is 282 g/mol. The molecule has 0 saturated carbocycles. The smallest absolute Gasteiger partial charge is 0.251 e. The minimum Gasteiger partial charge on any atom is -0.396 e. The molecular weight excluding hydrogens is 268 g/mol. The van der Waals surface area contributed by atoms with Crippen molar-refractivity contribution < 1.29 is 4.79 Å². The lowest BCUT2D eigenvalue weighted by Crippen LogP contribution is -2.27. The molecule has 21 heavy (non-hydrogen) atoms. The number of nitrogens with two attached hydrogens (primary N) is 1. The van der Waals surface area contributed by atoms with Crippen LogP contribution in [0, 0.1) is 0 Å². The van der Waals surface area contributed by atoms with Crippen LogP contribution in [0.5, 0.6) is 0 Å². The number of benzene rings is 1. The fourth-order valence-corrected chi connectivity index (χ4v) is 1.99. The summed E-state index contributed by atoms with van der Waals surface area (Å²) in [5, 5.41) is 6.88. The first-order valence-corrected chi connectivity index (χ1v) is 6.49. The van der Waals surface area contributed by atoms with Crippen molar-refractivity contribution >= 4 is 22.6 Å². The lowest BCUT2D eigenvalue weighted by molar-refractivity contribution is 0.0952. The number of nitrogen functional groups attached to an aromatic ring is 1. The van der Waals surface area contributed by atoms with Gasteiger partial charge in [-0.15, -0.1) is 0 Å². The Hall–Kier alpha value is -2.96. The van der Waals surface area contributed by atoms with Gasteiger partial charge in [0.05, 0.1) is 29.5 Å². The number of carbonyl (C=O) groups excluding carboxylic acids is 1. The zero-order valence-corrected chi connectivity index (χ0v) is 11.2. The molecule has 0 aliphatic rings. The first kappa shape index (κ1) is 13.0. The van der Waals surface area contributed by atoms with Crippen LogP contribution in [0.4, 0.5) is 5.69 Å². The molecule has 3 aromatic rings. The first-order chi connectivity index (χ1) is 10.2. The van der Waals surface area contributed by atoms with Gasteiger partial charge in [0.25, 0.3) is 5.91 Å². The molecule has 0 saturated heterocycles. The van der Waals surface area contributed by atoms with Crippen LogP contribution in [0.3, 0.4) is 0 Å². The van der Waals surface area contributed by atoms with E-state index in [0.29, 0.717) is 29.9 Å². The van der Waals surface area contributed by atoms with Crippen molar-refractivity contribution in [3.05, 3.63) is 48.5 Å². The zero-order chi connectivity index (χ0) is 14.7.